The fourth-order valence-electron chi connectivity index (χ4n) is 4.19. The number of fused-ring (bicyclic) bond motifs is 2. The zero-order valence-electron chi connectivity index (χ0n) is 15.9. The molecule has 0 saturated carbocycles. The van der Waals surface area contributed by atoms with Crippen molar-refractivity contribution in [3.63, 3.8) is 0 Å². The van der Waals surface area contributed by atoms with Crippen LogP contribution in [0.2, 0.25) is 0 Å². The molecule has 4 aromatic rings. The number of carbonyl (C=O) groups is 1. The molecular formula is C20H20N6O3. The van der Waals surface area contributed by atoms with Crippen molar-refractivity contribution in [2.24, 2.45) is 7.05 Å². The van der Waals surface area contributed by atoms with Gasteiger partial charge in [-0.3, -0.25) is 9.13 Å². The number of hydrogen-bond acceptors (Lipinski definition) is 4. The highest BCUT2D eigenvalue weighted by molar-refractivity contribution is 5.82. The van der Waals surface area contributed by atoms with Gasteiger partial charge in [0.1, 0.15) is 0 Å². The summed E-state index contributed by atoms with van der Waals surface area (Å²) in [6.45, 7) is 0.781. The minimum atomic E-state index is -0.956. The Balaban J connectivity index is 1.67. The first kappa shape index (κ1) is 17.5. The predicted molar refractivity (Wildman–Crippen MR) is 107 cm³/mol. The van der Waals surface area contributed by atoms with Gasteiger partial charge < -0.3 is 10.0 Å². The van der Waals surface area contributed by atoms with E-state index in [0.29, 0.717) is 18.6 Å². The van der Waals surface area contributed by atoms with Gasteiger partial charge in [0, 0.05) is 31.9 Å². The minimum absolute atomic E-state index is 0.179. The maximum absolute atomic E-state index is 13.0. The first-order valence-electron chi connectivity index (χ1n) is 9.53. The molecule has 1 fully saturated rings. The van der Waals surface area contributed by atoms with Crippen molar-refractivity contribution in [1.29, 1.82) is 0 Å². The van der Waals surface area contributed by atoms with Gasteiger partial charge in [-0.1, -0.05) is 6.07 Å². The van der Waals surface area contributed by atoms with Gasteiger partial charge in [-0.2, -0.15) is 5.10 Å². The van der Waals surface area contributed by atoms with Crippen molar-refractivity contribution in [3.8, 4) is 11.3 Å². The van der Waals surface area contributed by atoms with Crippen LogP contribution in [0.1, 0.15) is 18.9 Å². The van der Waals surface area contributed by atoms with Gasteiger partial charge >= 0.3 is 11.8 Å². The zero-order valence-corrected chi connectivity index (χ0v) is 15.9. The number of aryl methyl sites for hydroxylation is 1. The lowest BCUT2D eigenvalue weighted by atomic mass is 10.1. The zero-order chi connectivity index (χ0) is 20.1. The monoisotopic (exact) mass is 392 g/mol. The van der Waals surface area contributed by atoms with E-state index in [1.807, 2.05) is 36.5 Å². The lowest BCUT2D eigenvalue weighted by Crippen LogP contribution is -2.42. The van der Waals surface area contributed by atoms with Crippen LogP contribution in [0.4, 0.5) is 4.79 Å². The molecule has 9 nitrogen and oxygen atoms in total. The molecule has 148 valence electrons. The van der Waals surface area contributed by atoms with Crippen LogP contribution in [0.25, 0.3) is 27.9 Å². The number of amides is 1. The summed E-state index contributed by atoms with van der Waals surface area (Å²) in [5.41, 5.74) is 3.65. The number of piperidine rings is 1. The van der Waals surface area contributed by atoms with E-state index < -0.39 is 6.09 Å². The second-order valence-corrected chi connectivity index (χ2v) is 7.36. The largest absolute Gasteiger partial charge is 0.465 e. The van der Waals surface area contributed by atoms with Gasteiger partial charge in [-0.05, 0) is 37.1 Å². The quantitative estimate of drug-likeness (QED) is 0.565. The molecule has 0 aromatic carbocycles. The van der Waals surface area contributed by atoms with Crippen molar-refractivity contribution in [3.05, 3.63) is 53.2 Å². The Kier molecular flexibility index (Phi) is 3.90. The van der Waals surface area contributed by atoms with E-state index in [9.17, 15) is 14.7 Å². The standard InChI is InChI=1S/C20H20N6O3/c1-23-17-8-7-15(14-11-21-25-10-3-2-6-16(14)25)22-18(17)26(19(23)27)13-5-4-9-24(12-13)20(28)29/h2-3,6-8,10-11,13H,4-5,9,12H2,1H3,(H,28,29). The second-order valence-electron chi connectivity index (χ2n) is 7.36. The number of nitrogens with zero attached hydrogens (tertiary/aromatic N) is 6. The molecular weight excluding hydrogens is 372 g/mol. The molecule has 4 aromatic heterocycles. The van der Waals surface area contributed by atoms with Gasteiger partial charge in [0.25, 0.3) is 0 Å². The Hall–Kier alpha value is -3.62. The molecule has 1 N–H and O–H groups in total. The van der Waals surface area contributed by atoms with Crippen molar-refractivity contribution in [2.75, 3.05) is 13.1 Å². The molecule has 1 saturated heterocycles. The molecule has 1 aliphatic rings. The fraction of sp³-hybridized carbons (Fsp3) is 0.300. The molecule has 0 spiro atoms. The third-order valence-electron chi connectivity index (χ3n) is 5.67. The van der Waals surface area contributed by atoms with Gasteiger partial charge in [0.2, 0.25) is 0 Å². The van der Waals surface area contributed by atoms with Crippen LogP contribution in [0, 0.1) is 0 Å². The summed E-state index contributed by atoms with van der Waals surface area (Å²) < 4.78 is 5.01. The van der Waals surface area contributed by atoms with Crippen molar-refractivity contribution >= 4 is 22.8 Å². The van der Waals surface area contributed by atoms with Crippen LogP contribution >= 0.6 is 0 Å². The lowest BCUT2D eigenvalue weighted by Gasteiger charge is -2.31. The van der Waals surface area contributed by atoms with E-state index in [1.165, 1.54) is 4.90 Å². The van der Waals surface area contributed by atoms with E-state index in [2.05, 4.69) is 5.10 Å². The summed E-state index contributed by atoms with van der Waals surface area (Å²) in [4.78, 5) is 30.6. The molecule has 1 amide bonds. The number of likely N-dealkylation sites (tertiary alicyclic amines) is 1. The van der Waals surface area contributed by atoms with Gasteiger partial charge in [0.15, 0.2) is 5.65 Å². The molecule has 5 rings (SSSR count). The van der Waals surface area contributed by atoms with Crippen LogP contribution in [0.15, 0.2) is 47.5 Å². The van der Waals surface area contributed by atoms with Crippen molar-refractivity contribution in [1.82, 2.24) is 28.6 Å². The summed E-state index contributed by atoms with van der Waals surface area (Å²) in [5.74, 6) is 0. The number of pyridine rings is 2. The van der Waals surface area contributed by atoms with Crippen molar-refractivity contribution < 1.29 is 9.90 Å². The molecule has 0 aliphatic carbocycles. The molecule has 9 heteroatoms. The van der Waals surface area contributed by atoms with Crippen molar-refractivity contribution in [2.45, 2.75) is 18.9 Å². The summed E-state index contributed by atoms with van der Waals surface area (Å²) in [6, 6.07) is 9.37. The lowest BCUT2D eigenvalue weighted by molar-refractivity contribution is 0.121. The summed E-state index contributed by atoms with van der Waals surface area (Å²) in [7, 11) is 1.72. The molecule has 1 atom stereocenters. The number of aromatic nitrogens is 5. The van der Waals surface area contributed by atoms with E-state index in [4.69, 9.17) is 4.98 Å². The topological polar surface area (TPSA) is 97.7 Å². The molecule has 1 unspecified atom stereocenters. The Morgan fingerprint density at radius 3 is 2.90 bits per heavy atom. The molecule has 1 aliphatic heterocycles. The Morgan fingerprint density at radius 2 is 2.07 bits per heavy atom. The second kappa shape index (κ2) is 6.47. The number of hydrogen-bond donors (Lipinski definition) is 1. The molecule has 5 heterocycles. The van der Waals surface area contributed by atoms with Gasteiger partial charge in [-0.25, -0.2) is 19.1 Å². The minimum Gasteiger partial charge on any atom is -0.465 e. The van der Waals surface area contributed by atoms with Crippen LogP contribution in [-0.2, 0) is 7.05 Å². The molecule has 0 bridgehead atoms. The maximum Gasteiger partial charge on any atom is 0.407 e. The van der Waals surface area contributed by atoms with E-state index in [-0.39, 0.29) is 18.3 Å². The van der Waals surface area contributed by atoms with Crippen LogP contribution in [0.3, 0.4) is 0 Å². The number of imidazole rings is 1. The molecule has 0 radical (unpaired) electrons. The predicted octanol–water partition coefficient (Wildman–Crippen LogP) is 2.36. The van der Waals surface area contributed by atoms with Gasteiger partial charge in [-0.15, -0.1) is 0 Å². The maximum atomic E-state index is 13.0. The van der Waals surface area contributed by atoms with E-state index >= 15 is 0 Å². The van der Waals surface area contributed by atoms with E-state index in [0.717, 1.165) is 28.7 Å². The Bertz CT molecular complexity index is 1300. The van der Waals surface area contributed by atoms with E-state index in [1.54, 1.807) is 26.9 Å². The van der Waals surface area contributed by atoms with Gasteiger partial charge in [0.05, 0.1) is 29.0 Å². The smallest absolute Gasteiger partial charge is 0.407 e. The Morgan fingerprint density at radius 1 is 1.21 bits per heavy atom. The van der Waals surface area contributed by atoms with Crippen LogP contribution in [-0.4, -0.2) is 52.9 Å². The van der Waals surface area contributed by atoms with Crippen LogP contribution < -0.4 is 5.69 Å². The summed E-state index contributed by atoms with van der Waals surface area (Å²) >= 11 is 0. The Labute approximate surface area is 165 Å². The fourth-order valence-corrected chi connectivity index (χ4v) is 4.19. The normalized spacial score (nSPS) is 17.3. The average molecular weight is 392 g/mol. The van der Waals surface area contributed by atoms with Crippen LogP contribution in [0.5, 0.6) is 0 Å². The first-order chi connectivity index (χ1) is 14.0. The SMILES string of the molecule is Cn1c(=O)n(C2CCCN(C(=O)O)C2)c2nc(-c3cnn4ccccc34)ccc21. The third kappa shape index (κ3) is 2.69. The summed E-state index contributed by atoms with van der Waals surface area (Å²) in [6.07, 6.45) is 4.14. The first-order valence-corrected chi connectivity index (χ1v) is 9.53. The highest BCUT2D eigenvalue weighted by Crippen LogP contribution is 2.28. The highest BCUT2D eigenvalue weighted by atomic mass is 16.4. The highest BCUT2D eigenvalue weighted by Gasteiger charge is 2.28. The summed E-state index contributed by atoms with van der Waals surface area (Å²) in [5, 5.41) is 13.7. The number of carboxylic acid groups (broad SMARTS) is 1. The number of rotatable bonds is 2. The molecule has 29 heavy (non-hydrogen) atoms. The average Bonchev–Trinajstić information content (AvgIpc) is 3.27. The third-order valence-corrected chi connectivity index (χ3v) is 5.67.